The van der Waals surface area contributed by atoms with Crippen molar-refractivity contribution in [3.05, 3.63) is 23.4 Å². The smallest absolute Gasteiger partial charge is 0.321 e. The van der Waals surface area contributed by atoms with Crippen LogP contribution in [0.1, 0.15) is 49.8 Å². The maximum Gasteiger partial charge on any atom is 0.321 e. The molecular weight excluding hydrogens is 368 g/mol. The number of hydrogen-bond acceptors (Lipinski definition) is 5. The third-order valence-electron chi connectivity index (χ3n) is 6.48. The van der Waals surface area contributed by atoms with Crippen LogP contribution in [-0.2, 0) is 22.4 Å². The molecule has 0 radical (unpaired) electrons. The standard InChI is InChI=1S/C22H32N4O3/c27-21(17-9-13-26(14-10-17)19(22(28)29)15-5-6-15)24-12-2-4-18-8-7-16-3-1-11-23-20(16)25-18/h7-8,15,17,19H,1-6,9-14H2,(H,23,25)(H,24,27)(H,28,29). The molecule has 1 saturated heterocycles. The summed E-state index contributed by atoms with van der Waals surface area (Å²) in [6.45, 7) is 3.06. The summed E-state index contributed by atoms with van der Waals surface area (Å²) in [7, 11) is 0. The number of likely N-dealkylation sites (tertiary alicyclic amines) is 1. The highest BCUT2D eigenvalue weighted by atomic mass is 16.4. The number of pyridine rings is 1. The van der Waals surface area contributed by atoms with Crippen LogP contribution in [0.15, 0.2) is 12.1 Å². The third kappa shape index (κ3) is 5.07. The SMILES string of the molecule is O=C(NCCCc1ccc2c(n1)NCCC2)C1CCN(C(C(=O)O)C2CC2)CC1. The number of fused-ring (bicyclic) bond motifs is 1. The van der Waals surface area contributed by atoms with E-state index in [1.54, 1.807) is 0 Å². The Bertz CT molecular complexity index is 742. The number of piperidine rings is 1. The van der Waals surface area contributed by atoms with Crippen LogP contribution in [0.2, 0.25) is 0 Å². The number of carboxylic acids is 1. The van der Waals surface area contributed by atoms with E-state index in [1.807, 2.05) is 0 Å². The number of aromatic nitrogens is 1. The first-order valence-electron chi connectivity index (χ1n) is 11.1. The van der Waals surface area contributed by atoms with Gasteiger partial charge < -0.3 is 15.7 Å². The topological polar surface area (TPSA) is 94.6 Å². The molecule has 7 nitrogen and oxygen atoms in total. The summed E-state index contributed by atoms with van der Waals surface area (Å²) in [5.41, 5.74) is 2.37. The van der Waals surface area contributed by atoms with E-state index in [-0.39, 0.29) is 17.9 Å². The van der Waals surface area contributed by atoms with Crippen LogP contribution in [0.3, 0.4) is 0 Å². The molecule has 3 N–H and O–H groups in total. The molecular formula is C22H32N4O3. The van der Waals surface area contributed by atoms with E-state index in [1.165, 1.54) is 5.56 Å². The molecule has 1 aromatic heterocycles. The number of hydrogen-bond donors (Lipinski definition) is 3. The lowest BCUT2D eigenvalue weighted by Gasteiger charge is -2.35. The second-order valence-corrected chi connectivity index (χ2v) is 8.67. The van der Waals surface area contributed by atoms with Gasteiger partial charge in [-0.2, -0.15) is 0 Å². The van der Waals surface area contributed by atoms with Gasteiger partial charge in [-0.25, -0.2) is 4.98 Å². The highest BCUT2D eigenvalue weighted by Crippen LogP contribution is 2.37. The molecule has 2 fully saturated rings. The minimum atomic E-state index is -0.707. The fourth-order valence-corrected chi connectivity index (χ4v) is 4.64. The van der Waals surface area contributed by atoms with Crippen LogP contribution in [0, 0.1) is 11.8 Å². The quantitative estimate of drug-likeness (QED) is 0.578. The van der Waals surface area contributed by atoms with Gasteiger partial charge in [0.2, 0.25) is 5.91 Å². The zero-order valence-corrected chi connectivity index (χ0v) is 17.0. The van der Waals surface area contributed by atoms with Crippen molar-refractivity contribution in [2.45, 2.75) is 57.4 Å². The van der Waals surface area contributed by atoms with E-state index in [0.29, 0.717) is 25.6 Å². The maximum atomic E-state index is 12.5. The van der Waals surface area contributed by atoms with Crippen molar-refractivity contribution in [1.29, 1.82) is 0 Å². The number of amides is 1. The summed E-state index contributed by atoms with van der Waals surface area (Å²) in [6.07, 6.45) is 7.53. The van der Waals surface area contributed by atoms with Crippen LogP contribution >= 0.6 is 0 Å². The summed E-state index contributed by atoms with van der Waals surface area (Å²) < 4.78 is 0. The molecule has 1 aromatic rings. The Balaban J connectivity index is 1.16. The summed E-state index contributed by atoms with van der Waals surface area (Å²) >= 11 is 0. The van der Waals surface area contributed by atoms with Crippen molar-refractivity contribution in [2.75, 3.05) is 31.5 Å². The highest BCUT2D eigenvalue weighted by molar-refractivity contribution is 5.79. The summed E-state index contributed by atoms with van der Waals surface area (Å²) in [5.74, 6) is 0.746. The van der Waals surface area contributed by atoms with Gasteiger partial charge in [0.25, 0.3) is 0 Å². The second kappa shape index (κ2) is 9.11. The number of nitrogens with one attached hydrogen (secondary N) is 2. The van der Waals surface area contributed by atoms with Crippen molar-refractivity contribution >= 4 is 17.7 Å². The van der Waals surface area contributed by atoms with Gasteiger partial charge in [-0.05, 0) is 82.0 Å². The van der Waals surface area contributed by atoms with Gasteiger partial charge in [-0.15, -0.1) is 0 Å². The van der Waals surface area contributed by atoms with Crippen molar-refractivity contribution in [3.8, 4) is 0 Å². The molecule has 1 amide bonds. The Hall–Kier alpha value is -2.15. The Morgan fingerprint density at radius 3 is 2.76 bits per heavy atom. The van der Waals surface area contributed by atoms with Gasteiger partial charge in [0.15, 0.2) is 0 Å². The first-order chi connectivity index (χ1) is 14.1. The van der Waals surface area contributed by atoms with Crippen LogP contribution in [0.4, 0.5) is 5.82 Å². The van der Waals surface area contributed by atoms with Gasteiger partial charge >= 0.3 is 5.97 Å². The molecule has 7 heteroatoms. The summed E-state index contributed by atoms with van der Waals surface area (Å²) in [6, 6.07) is 3.92. The maximum absolute atomic E-state index is 12.5. The Labute approximate surface area is 172 Å². The minimum absolute atomic E-state index is 0.00553. The Kier molecular flexibility index (Phi) is 6.33. The number of nitrogens with zero attached hydrogens (tertiary/aromatic N) is 2. The number of carbonyl (C=O) groups is 2. The van der Waals surface area contributed by atoms with E-state index in [2.05, 4.69) is 27.7 Å². The lowest BCUT2D eigenvalue weighted by molar-refractivity contribution is -0.145. The first-order valence-corrected chi connectivity index (χ1v) is 11.1. The number of rotatable bonds is 8. The van der Waals surface area contributed by atoms with Crippen LogP contribution in [0.25, 0.3) is 0 Å². The molecule has 1 aliphatic carbocycles. The highest BCUT2D eigenvalue weighted by Gasteiger charge is 2.41. The van der Waals surface area contributed by atoms with Gasteiger partial charge in [-0.1, -0.05) is 6.07 Å². The van der Waals surface area contributed by atoms with Gasteiger partial charge in [0.05, 0.1) is 0 Å². The molecule has 1 saturated carbocycles. The van der Waals surface area contributed by atoms with Crippen LogP contribution < -0.4 is 10.6 Å². The normalized spacial score (nSPS) is 21.1. The summed E-state index contributed by atoms with van der Waals surface area (Å²) in [5, 5.41) is 15.9. The average Bonchev–Trinajstić information content (AvgIpc) is 3.56. The van der Waals surface area contributed by atoms with Crippen molar-refractivity contribution in [3.63, 3.8) is 0 Å². The molecule has 4 rings (SSSR count). The largest absolute Gasteiger partial charge is 0.480 e. The van der Waals surface area contributed by atoms with Gasteiger partial charge in [0.1, 0.15) is 11.9 Å². The number of carboxylic acid groups (broad SMARTS) is 1. The fraction of sp³-hybridized carbons (Fsp3) is 0.682. The van der Waals surface area contributed by atoms with E-state index in [9.17, 15) is 14.7 Å². The van der Waals surface area contributed by atoms with Gasteiger partial charge in [-0.3, -0.25) is 14.5 Å². The number of aliphatic carboxylic acids is 1. The van der Waals surface area contributed by atoms with E-state index in [0.717, 1.165) is 69.4 Å². The monoisotopic (exact) mass is 400 g/mol. The second-order valence-electron chi connectivity index (χ2n) is 8.67. The van der Waals surface area contributed by atoms with Gasteiger partial charge in [0, 0.05) is 24.7 Å². The zero-order valence-electron chi connectivity index (χ0n) is 17.0. The van der Waals surface area contributed by atoms with Crippen LogP contribution in [-0.4, -0.2) is 59.1 Å². The Morgan fingerprint density at radius 2 is 2.03 bits per heavy atom. The molecule has 3 aliphatic rings. The molecule has 158 valence electrons. The molecule has 0 aromatic carbocycles. The minimum Gasteiger partial charge on any atom is -0.480 e. The molecule has 0 bridgehead atoms. The van der Waals surface area contributed by atoms with Crippen molar-refractivity contribution < 1.29 is 14.7 Å². The van der Waals surface area contributed by atoms with Crippen LogP contribution in [0.5, 0.6) is 0 Å². The molecule has 1 atom stereocenters. The fourth-order valence-electron chi connectivity index (χ4n) is 4.64. The predicted molar refractivity (Wildman–Crippen MR) is 111 cm³/mol. The third-order valence-corrected chi connectivity index (χ3v) is 6.48. The van der Waals surface area contributed by atoms with E-state index >= 15 is 0 Å². The molecule has 29 heavy (non-hydrogen) atoms. The molecule has 3 heterocycles. The number of anilines is 1. The number of carbonyl (C=O) groups excluding carboxylic acids is 1. The summed E-state index contributed by atoms with van der Waals surface area (Å²) in [4.78, 5) is 30.8. The Morgan fingerprint density at radius 1 is 1.24 bits per heavy atom. The van der Waals surface area contributed by atoms with E-state index in [4.69, 9.17) is 4.98 Å². The average molecular weight is 401 g/mol. The van der Waals surface area contributed by atoms with Crippen molar-refractivity contribution in [2.24, 2.45) is 11.8 Å². The zero-order chi connectivity index (χ0) is 20.2. The molecule has 1 unspecified atom stereocenters. The molecule has 2 aliphatic heterocycles. The van der Waals surface area contributed by atoms with E-state index < -0.39 is 5.97 Å². The number of aryl methyl sites for hydroxylation is 2. The predicted octanol–water partition coefficient (Wildman–Crippen LogP) is 2.06. The van der Waals surface area contributed by atoms with Crippen molar-refractivity contribution in [1.82, 2.24) is 15.2 Å². The molecule has 0 spiro atoms. The lowest BCUT2D eigenvalue weighted by atomic mass is 9.94. The lowest BCUT2D eigenvalue weighted by Crippen LogP contribution is -2.49. The first kappa shape index (κ1) is 20.1.